The average Bonchev–Trinajstić information content (AvgIpc) is 3.10. The predicted molar refractivity (Wildman–Crippen MR) is 114 cm³/mol. The first-order valence-corrected chi connectivity index (χ1v) is 10.6. The summed E-state index contributed by atoms with van der Waals surface area (Å²) in [6, 6.07) is 0. The molecule has 33 heavy (non-hydrogen) atoms. The van der Waals surface area contributed by atoms with Crippen molar-refractivity contribution in [2.75, 3.05) is 6.61 Å². The Morgan fingerprint density at radius 1 is 1.24 bits per heavy atom. The van der Waals surface area contributed by atoms with Gasteiger partial charge in [0, 0.05) is 25.8 Å². The van der Waals surface area contributed by atoms with E-state index < -0.39 is 59.6 Å². The lowest BCUT2D eigenvalue weighted by molar-refractivity contribution is -0.148. The highest BCUT2D eigenvalue weighted by atomic mass is 16.6. The van der Waals surface area contributed by atoms with Gasteiger partial charge in [-0.3, -0.25) is 9.59 Å². The smallest absolute Gasteiger partial charge is 0.337 e. The van der Waals surface area contributed by atoms with E-state index in [1.165, 1.54) is 19.9 Å². The van der Waals surface area contributed by atoms with E-state index in [1.54, 1.807) is 19.9 Å². The number of fused-ring (bicyclic) bond motifs is 3. The van der Waals surface area contributed by atoms with Crippen molar-refractivity contribution in [3.05, 3.63) is 47.6 Å². The molecule has 0 aromatic heterocycles. The monoisotopic (exact) mass is 460 g/mol. The van der Waals surface area contributed by atoms with Crippen LogP contribution in [0.15, 0.2) is 47.6 Å². The molecule has 1 saturated heterocycles. The Kier molecular flexibility index (Phi) is 6.65. The normalized spacial score (nSPS) is 33.4. The van der Waals surface area contributed by atoms with E-state index in [9.17, 15) is 24.3 Å². The van der Waals surface area contributed by atoms with E-state index in [2.05, 4.69) is 13.2 Å². The molecule has 178 valence electrons. The zero-order valence-corrected chi connectivity index (χ0v) is 19.1. The van der Waals surface area contributed by atoms with Crippen molar-refractivity contribution in [2.24, 2.45) is 11.8 Å². The van der Waals surface area contributed by atoms with Crippen LogP contribution in [0.1, 0.15) is 34.1 Å². The van der Waals surface area contributed by atoms with Gasteiger partial charge in [-0.05, 0) is 31.1 Å². The predicted octanol–water partition coefficient (Wildman–Crippen LogP) is 1.70. The number of esters is 4. The lowest BCUT2D eigenvalue weighted by Crippen LogP contribution is -2.43. The van der Waals surface area contributed by atoms with Gasteiger partial charge in [0.2, 0.25) is 0 Å². The minimum absolute atomic E-state index is 0.0267. The van der Waals surface area contributed by atoms with Crippen LogP contribution in [0.4, 0.5) is 0 Å². The molecule has 3 aliphatic rings. The van der Waals surface area contributed by atoms with Crippen LogP contribution in [0, 0.1) is 11.8 Å². The Morgan fingerprint density at radius 3 is 2.48 bits per heavy atom. The Morgan fingerprint density at radius 2 is 1.91 bits per heavy atom. The summed E-state index contributed by atoms with van der Waals surface area (Å²) in [4.78, 5) is 47.9. The van der Waals surface area contributed by atoms with Crippen LogP contribution in [0.5, 0.6) is 0 Å². The zero-order valence-electron chi connectivity index (χ0n) is 19.1. The summed E-state index contributed by atoms with van der Waals surface area (Å²) in [6.45, 7) is 13.3. The third-order valence-electron chi connectivity index (χ3n) is 6.46. The van der Waals surface area contributed by atoms with Crippen molar-refractivity contribution in [2.45, 2.75) is 58.0 Å². The van der Waals surface area contributed by atoms with Crippen molar-refractivity contribution < 1.29 is 43.2 Å². The standard InChI is InChI=1S/C24H28O9/c1-7-16(10-30-14(5)25)23(28)32-17-8-11(2)24(29)9-18(31-15(6)26)12(3)20(24)21-19(17)13(4)22(27)33-21/h7-8,17-21,29H,3-4,9-10H2,1-2,5-6H3. The van der Waals surface area contributed by atoms with Crippen molar-refractivity contribution in [3.63, 3.8) is 0 Å². The first-order valence-electron chi connectivity index (χ1n) is 10.6. The molecule has 9 heteroatoms. The Balaban J connectivity index is 1.98. The summed E-state index contributed by atoms with van der Waals surface area (Å²) in [5.41, 5.74) is -0.453. The largest absolute Gasteiger partial charge is 0.461 e. The molecule has 0 amide bonds. The molecule has 1 heterocycles. The van der Waals surface area contributed by atoms with Crippen LogP contribution in [-0.2, 0) is 38.1 Å². The number of ether oxygens (including phenoxy) is 4. The Labute approximate surface area is 191 Å². The molecule has 2 aliphatic carbocycles. The number of allylic oxidation sites excluding steroid dienone is 1. The average molecular weight is 460 g/mol. The van der Waals surface area contributed by atoms with E-state index in [0.717, 1.165) is 0 Å². The second kappa shape index (κ2) is 8.97. The van der Waals surface area contributed by atoms with Crippen LogP contribution < -0.4 is 0 Å². The molecule has 0 aromatic rings. The molecule has 6 unspecified atom stereocenters. The van der Waals surface area contributed by atoms with Crippen molar-refractivity contribution in [1.29, 1.82) is 0 Å². The van der Waals surface area contributed by atoms with E-state index in [-0.39, 0.29) is 24.2 Å². The zero-order chi connectivity index (χ0) is 24.7. The van der Waals surface area contributed by atoms with Gasteiger partial charge < -0.3 is 24.1 Å². The number of hydrogen-bond acceptors (Lipinski definition) is 9. The fraction of sp³-hybridized carbons (Fsp3) is 0.500. The minimum Gasteiger partial charge on any atom is -0.461 e. The number of rotatable bonds is 5. The highest BCUT2D eigenvalue weighted by Crippen LogP contribution is 2.54. The van der Waals surface area contributed by atoms with Gasteiger partial charge >= 0.3 is 23.9 Å². The van der Waals surface area contributed by atoms with Crippen molar-refractivity contribution in [1.82, 2.24) is 0 Å². The molecule has 6 atom stereocenters. The summed E-state index contributed by atoms with van der Waals surface area (Å²) in [7, 11) is 0. The second-order valence-electron chi connectivity index (χ2n) is 8.51. The molecule has 0 aromatic carbocycles. The minimum atomic E-state index is -1.53. The maximum absolute atomic E-state index is 12.8. The summed E-state index contributed by atoms with van der Waals surface area (Å²) in [5.74, 6) is -4.07. The van der Waals surface area contributed by atoms with Crippen LogP contribution in [0.25, 0.3) is 0 Å². The molecular weight excluding hydrogens is 432 g/mol. The maximum atomic E-state index is 12.8. The fourth-order valence-corrected chi connectivity index (χ4v) is 4.76. The highest BCUT2D eigenvalue weighted by Gasteiger charge is 2.62. The lowest BCUT2D eigenvalue weighted by Gasteiger charge is -2.33. The molecular formula is C24H28O9. The van der Waals surface area contributed by atoms with Gasteiger partial charge in [-0.1, -0.05) is 19.2 Å². The van der Waals surface area contributed by atoms with E-state index in [1.807, 2.05) is 0 Å². The van der Waals surface area contributed by atoms with E-state index >= 15 is 0 Å². The van der Waals surface area contributed by atoms with Crippen LogP contribution in [0.2, 0.25) is 0 Å². The number of carbonyl (C=O) groups is 4. The number of aliphatic hydroxyl groups is 1. The number of carbonyl (C=O) groups excluding carboxylic acids is 4. The fourth-order valence-electron chi connectivity index (χ4n) is 4.76. The molecule has 3 rings (SSSR count). The quantitative estimate of drug-likeness (QED) is 0.282. The van der Waals surface area contributed by atoms with Gasteiger partial charge in [0.15, 0.2) is 0 Å². The van der Waals surface area contributed by atoms with Crippen molar-refractivity contribution >= 4 is 23.9 Å². The van der Waals surface area contributed by atoms with Gasteiger partial charge in [-0.25, -0.2) is 9.59 Å². The Bertz CT molecular complexity index is 988. The molecule has 1 aliphatic heterocycles. The van der Waals surface area contributed by atoms with Crippen LogP contribution >= 0.6 is 0 Å². The molecule has 1 N–H and O–H groups in total. The summed E-state index contributed by atoms with van der Waals surface area (Å²) >= 11 is 0. The molecule has 1 saturated carbocycles. The van der Waals surface area contributed by atoms with Gasteiger partial charge in [-0.15, -0.1) is 0 Å². The SMILES string of the molecule is C=C1C(=O)OC2C1C(OC(=O)C(=CC)COC(C)=O)C=C(C)C1(O)CC(OC(C)=O)C(=C)C21. The van der Waals surface area contributed by atoms with Crippen LogP contribution in [-0.4, -0.2) is 59.5 Å². The molecule has 2 fully saturated rings. The topological polar surface area (TPSA) is 125 Å². The second-order valence-corrected chi connectivity index (χ2v) is 8.51. The third-order valence-corrected chi connectivity index (χ3v) is 6.46. The van der Waals surface area contributed by atoms with E-state index in [4.69, 9.17) is 18.9 Å². The van der Waals surface area contributed by atoms with Gasteiger partial charge in [0.05, 0.1) is 23.0 Å². The summed E-state index contributed by atoms with van der Waals surface area (Å²) in [6.07, 6.45) is 0.381. The Hall–Kier alpha value is -3.20. The van der Waals surface area contributed by atoms with Gasteiger partial charge in [0.1, 0.15) is 24.9 Å². The van der Waals surface area contributed by atoms with Gasteiger partial charge in [-0.2, -0.15) is 0 Å². The van der Waals surface area contributed by atoms with Gasteiger partial charge in [0.25, 0.3) is 0 Å². The van der Waals surface area contributed by atoms with Crippen LogP contribution in [0.3, 0.4) is 0 Å². The number of hydrogen-bond donors (Lipinski definition) is 1. The summed E-state index contributed by atoms with van der Waals surface area (Å²) < 4.78 is 21.5. The molecule has 0 radical (unpaired) electrons. The molecule has 9 nitrogen and oxygen atoms in total. The lowest BCUT2D eigenvalue weighted by atomic mass is 9.77. The van der Waals surface area contributed by atoms with E-state index in [0.29, 0.717) is 11.1 Å². The molecule has 0 spiro atoms. The maximum Gasteiger partial charge on any atom is 0.337 e. The first-order chi connectivity index (χ1) is 15.4. The molecule has 0 bridgehead atoms. The summed E-state index contributed by atoms with van der Waals surface area (Å²) in [5, 5.41) is 11.6. The highest BCUT2D eigenvalue weighted by molar-refractivity contribution is 5.92. The van der Waals surface area contributed by atoms with Crippen molar-refractivity contribution in [3.8, 4) is 0 Å². The third kappa shape index (κ3) is 4.37. The first kappa shape index (κ1) is 24.4.